The van der Waals surface area contributed by atoms with Crippen LogP contribution in [0.5, 0.6) is 0 Å². The third-order valence-electron chi connectivity index (χ3n) is 3.04. The summed E-state index contributed by atoms with van der Waals surface area (Å²) in [6, 6.07) is 6.80. The Hall–Kier alpha value is -1.35. The lowest BCUT2D eigenvalue weighted by Gasteiger charge is -2.20. The van der Waals surface area contributed by atoms with Crippen LogP contribution in [0, 0.1) is 11.8 Å². The Morgan fingerprint density at radius 2 is 2.05 bits per heavy atom. The first-order valence-electron chi connectivity index (χ1n) is 6.32. The lowest BCUT2D eigenvalue weighted by Crippen LogP contribution is -2.33. The van der Waals surface area contributed by atoms with Crippen molar-refractivity contribution in [1.82, 2.24) is 4.31 Å². The maximum atomic E-state index is 12.6. The lowest BCUT2D eigenvalue weighted by atomic mass is 10.2. The van der Waals surface area contributed by atoms with Gasteiger partial charge in [-0.1, -0.05) is 30.9 Å². The molecule has 19 heavy (non-hydrogen) atoms. The highest BCUT2D eigenvalue weighted by molar-refractivity contribution is 7.89. The summed E-state index contributed by atoms with van der Waals surface area (Å²) >= 11 is 0. The molecule has 1 N–H and O–H groups in total. The van der Waals surface area contributed by atoms with Gasteiger partial charge in [-0.05, 0) is 25.0 Å². The average Bonchev–Trinajstić information content (AvgIpc) is 3.21. The Balaban J connectivity index is 2.45. The zero-order valence-electron chi connectivity index (χ0n) is 10.8. The van der Waals surface area contributed by atoms with Crippen LogP contribution in [0.1, 0.15) is 25.3 Å². The lowest BCUT2D eigenvalue weighted by molar-refractivity contribution is 0.350. The fourth-order valence-electron chi connectivity index (χ4n) is 2.04. The molecule has 2 rings (SSSR count). The SMILES string of the molecule is CCN(C1CC1)S(=O)(=O)c1ccccc1C#CCO. The number of benzene rings is 1. The summed E-state index contributed by atoms with van der Waals surface area (Å²) < 4.78 is 26.8. The average molecular weight is 279 g/mol. The van der Waals surface area contributed by atoms with Gasteiger partial charge in [0.1, 0.15) is 6.61 Å². The second-order valence-corrected chi connectivity index (χ2v) is 6.25. The van der Waals surface area contributed by atoms with E-state index < -0.39 is 10.0 Å². The van der Waals surface area contributed by atoms with Crippen LogP contribution in [0.2, 0.25) is 0 Å². The summed E-state index contributed by atoms with van der Waals surface area (Å²) in [5.41, 5.74) is 0.440. The minimum Gasteiger partial charge on any atom is -0.384 e. The summed E-state index contributed by atoms with van der Waals surface area (Å²) in [5, 5.41) is 8.74. The Bertz CT molecular complexity index is 609. The largest absolute Gasteiger partial charge is 0.384 e. The summed E-state index contributed by atoms with van der Waals surface area (Å²) in [4.78, 5) is 0.227. The molecule has 0 aliphatic heterocycles. The number of hydrogen-bond acceptors (Lipinski definition) is 3. The minimum absolute atomic E-state index is 0.133. The number of sulfonamides is 1. The molecule has 0 radical (unpaired) electrons. The molecule has 0 heterocycles. The van der Waals surface area contributed by atoms with E-state index in [0.717, 1.165) is 12.8 Å². The quantitative estimate of drug-likeness (QED) is 0.843. The van der Waals surface area contributed by atoms with Gasteiger partial charge < -0.3 is 5.11 Å². The smallest absolute Gasteiger partial charge is 0.244 e. The van der Waals surface area contributed by atoms with Gasteiger partial charge in [-0.15, -0.1) is 0 Å². The van der Waals surface area contributed by atoms with Crippen molar-refractivity contribution in [3.05, 3.63) is 29.8 Å². The van der Waals surface area contributed by atoms with E-state index in [0.29, 0.717) is 12.1 Å². The van der Waals surface area contributed by atoms with Crippen LogP contribution in [0.3, 0.4) is 0 Å². The van der Waals surface area contributed by atoms with E-state index in [1.54, 1.807) is 24.3 Å². The standard InChI is InChI=1S/C14H17NO3S/c1-2-15(13-9-10-13)19(17,18)14-8-4-3-6-12(14)7-5-11-16/h3-4,6,8,13,16H,2,9-11H2,1H3. The molecule has 1 aliphatic carbocycles. The van der Waals surface area contributed by atoms with Crippen LogP contribution >= 0.6 is 0 Å². The van der Waals surface area contributed by atoms with Crippen molar-refractivity contribution >= 4 is 10.0 Å². The number of aliphatic hydroxyl groups excluding tert-OH is 1. The normalized spacial score (nSPS) is 15.1. The molecule has 0 saturated heterocycles. The third-order valence-corrected chi connectivity index (χ3v) is 5.13. The highest BCUT2D eigenvalue weighted by Gasteiger charge is 2.37. The Kier molecular flexibility index (Phi) is 4.25. The van der Waals surface area contributed by atoms with Crippen LogP contribution in [-0.4, -0.2) is 37.0 Å². The Labute approximate surface area is 114 Å². The fraction of sp³-hybridized carbons (Fsp3) is 0.429. The molecule has 0 atom stereocenters. The second-order valence-electron chi connectivity index (χ2n) is 4.40. The van der Waals surface area contributed by atoms with Gasteiger partial charge in [-0.3, -0.25) is 0 Å². The van der Waals surface area contributed by atoms with Crippen LogP contribution in [-0.2, 0) is 10.0 Å². The van der Waals surface area contributed by atoms with Gasteiger partial charge in [0.15, 0.2) is 0 Å². The maximum absolute atomic E-state index is 12.6. The predicted molar refractivity (Wildman–Crippen MR) is 73.0 cm³/mol. The molecule has 1 aliphatic rings. The first-order chi connectivity index (χ1) is 9.11. The maximum Gasteiger partial charge on any atom is 0.244 e. The molecule has 0 amide bonds. The van der Waals surface area contributed by atoms with Gasteiger partial charge in [-0.2, -0.15) is 4.31 Å². The van der Waals surface area contributed by atoms with Crippen LogP contribution in [0.4, 0.5) is 0 Å². The Morgan fingerprint density at radius 3 is 2.63 bits per heavy atom. The fourth-order valence-corrected chi connectivity index (χ4v) is 3.89. The molecule has 0 spiro atoms. The van der Waals surface area contributed by atoms with Gasteiger partial charge in [0.2, 0.25) is 10.0 Å². The van der Waals surface area contributed by atoms with Crippen molar-refractivity contribution in [3.63, 3.8) is 0 Å². The van der Waals surface area contributed by atoms with Crippen molar-refractivity contribution < 1.29 is 13.5 Å². The highest BCUT2D eigenvalue weighted by atomic mass is 32.2. The third kappa shape index (κ3) is 2.98. The zero-order valence-corrected chi connectivity index (χ0v) is 11.7. The van der Waals surface area contributed by atoms with Crippen molar-refractivity contribution in [3.8, 4) is 11.8 Å². The molecule has 5 heteroatoms. The first kappa shape index (κ1) is 14.1. The molecule has 0 aromatic heterocycles. The topological polar surface area (TPSA) is 57.6 Å². The predicted octanol–water partition coefficient (Wildman–Crippen LogP) is 1.20. The summed E-state index contributed by atoms with van der Waals surface area (Å²) in [5.74, 6) is 5.20. The Morgan fingerprint density at radius 1 is 1.37 bits per heavy atom. The van der Waals surface area contributed by atoms with E-state index >= 15 is 0 Å². The molecular weight excluding hydrogens is 262 g/mol. The molecule has 1 aromatic rings. The van der Waals surface area contributed by atoms with Crippen LogP contribution in [0.25, 0.3) is 0 Å². The molecule has 102 valence electrons. The van der Waals surface area contributed by atoms with E-state index in [1.807, 2.05) is 6.92 Å². The molecule has 1 saturated carbocycles. The van der Waals surface area contributed by atoms with E-state index in [-0.39, 0.29) is 17.5 Å². The number of nitrogens with zero attached hydrogens (tertiary/aromatic N) is 1. The van der Waals surface area contributed by atoms with E-state index in [4.69, 9.17) is 5.11 Å². The van der Waals surface area contributed by atoms with Gasteiger partial charge in [0.05, 0.1) is 4.90 Å². The number of rotatable bonds is 4. The van der Waals surface area contributed by atoms with E-state index in [1.165, 1.54) is 4.31 Å². The van der Waals surface area contributed by atoms with Gasteiger partial charge in [0, 0.05) is 18.2 Å². The van der Waals surface area contributed by atoms with Crippen molar-refractivity contribution in [2.24, 2.45) is 0 Å². The van der Waals surface area contributed by atoms with E-state index in [2.05, 4.69) is 11.8 Å². The van der Waals surface area contributed by atoms with Crippen molar-refractivity contribution in [1.29, 1.82) is 0 Å². The van der Waals surface area contributed by atoms with E-state index in [9.17, 15) is 8.42 Å². The zero-order chi connectivity index (χ0) is 13.9. The second kappa shape index (κ2) is 5.74. The first-order valence-corrected chi connectivity index (χ1v) is 7.76. The molecule has 1 aromatic carbocycles. The minimum atomic E-state index is -3.50. The van der Waals surface area contributed by atoms with Crippen molar-refractivity contribution in [2.75, 3.05) is 13.2 Å². The summed E-state index contributed by atoms with van der Waals surface area (Å²) in [6.45, 7) is 2.03. The molecular formula is C14H17NO3S. The summed E-state index contributed by atoms with van der Waals surface area (Å²) in [6.07, 6.45) is 1.86. The van der Waals surface area contributed by atoms with Crippen LogP contribution in [0.15, 0.2) is 29.2 Å². The van der Waals surface area contributed by atoms with Crippen molar-refractivity contribution in [2.45, 2.75) is 30.7 Å². The van der Waals surface area contributed by atoms with Gasteiger partial charge in [-0.25, -0.2) is 8.42 Å². The number of aliphatic hydroxyl groups is 1. The monoisotopic (exact) mass is 279 g/mol. The van der Waals surface area contributed by atoms with Gasteiger partial charge in [0.25, 0.3) is 0 Å². The molecule has 4 nitrogen and oxygen atoms in total. The number of hydrogen-bond donors (Lipinski definition) is 1. The summed E-state index contributed by atoms with van der Waals surface area (Å²) in [7, 11) is -3.50. The molecule has 1 fully saturated rings. The van der Waals surface area contributed by atoms with Gasteiger partial charge >= 0.3 is 0 Å². The van der Waals surface area contributed by atoms with Crippen LogP contribution < -0.4 is 0 Å². The molecule has 0 unspecified atom stereocenters. The molecule has 0 bridgehead atoms. The highest BCUT2D eigenvalue weighted by Crippen LogP contribution is 2.32.